The van der Waals surface area contributed by atoms with Gasteiger partial charge >= 0.3 is 6.03 Å². The van der Waals surface area contributed by atoms with Crippen LogP contribution in [0.4, 0.5) is 14.9 Å². The predicted molar refractivity (Wildman–Crippen MR) is 116 cm³/mol. The minimum atomic E-state index is -0.511. The second-order valence-corrected chi connectivity index (χ2v) is 9.05. The van der Waals surface area contributed by atoms with Gasteiger partial charge in [-0.15, -0.1) is 0 Å². The summed E-state index contributed by atoms with van der Waals surface area (Å²) in [5, 5.41) is 2.98. The topological polar surface area (TPSA) is 53.6 Å². The minimum absolute atomic E-state index is 0.0775. The molecule has 0 aliphatic carbocycles. The number of amides is 2. The number of benzene rings is 2. The van der Waals surface area contributed by atoms with E-state index in [1.165, 1.54) is 11.6 Å². The van der Waals surface area contributed by atoms with Crippen LogP contribution in [-0.2, 0) is 10.3 Å². The molecule has 5 nitrogen and oxygen atoms in total. The second-order valence-electron chi connectivity index (χ2n) is 9.05. The van der Waals surface area contributed by atoms with Crippen molar-refractivity contribution in [3.05, 3.63) is 71.6 Å². The summed E-state index contributed by atoms with van der Waals surface area (Å²) in [4.78, 5) is 20.3. The van der Waals surface area contributed by atoms with Crippen LogP contribution >= 0.6 is 0 Å². The number of carbonyl (C=O) groups excluding carboxylic acids is 1. The molecule has 1 saturated heterocycles. The van der Waals surface area contributed by atoms with Gasteiger partial charge in [0, 0.05) is 37.2 Å². The Balaban J connectivity index is 1.36. The van der Waals surface area contributed by atoms with E-state index in [-0.39, 0.29) is 17.3 Å². The van der Waals surface area contributed by atoms with Crippen molar-refractivity contribution in [3.8, 4) is 0 Å². The third kappa shape index (κ3) is 4.19. The van der Waals surface area contributed by atoms with E-state index in [0.717, 1.165) is 5.69 Å². The van der Waals surface area contributed by atoms with Crippen LogP contribution in [0.5, 0.6) is 0 Å². The maximum absolute atomic E-state index is 14.1. The lowest BCUT2D eigenvalue weighted by molar-refractivity contribution is -0.0634. The largest absolute Gasteiger partial charge is 0.324 e. The van der Waals surface area contributed by atoms with Crippen LogP contribution in [-0.4, -0.2) is 29.6 Å². The predicted octanol–water partition coefficient (Wildman–Crippen LogP) is 5.07. The van der Waals surface area contributed by atoms with Crippen LogP contribution in [0.15, 0.2) is 54.6 Å². The number of likely N-dealkylation sites (tertiary alicyclic amines) is 1. The number of urea groups is 1. The summed E-state index contributed by atoms with van der Waals surface area (Å²) in [6, 6.07) is 14.5. The Bertz CT molecular complexity index is 955. The van der Waals surface area contributed by atoms with E-state index in [4.69, 9.17) is 4.84 Å². The summed E-state index contributed by atoms with van der Waals surface area (Å²) in [5.41, 5.74) is 5.59. The molecule has 0 bridgehead atoms. The highest BCUT2D eigenvalue weighted by Gasteiger charge is 2.40. The van der Waals surface area contributed by atoms with Gasteiger partial charge in [0.1, 0.15) is 11.4 Å². The summed E-state index contributed by atoms with van der Waals surface area (Å²) in [7, 11) is 0. The maximum atomic E-state index is 14.1. The summed E-state index contributed by atoms with van der Waals surface area (Å²) in [5.74, 6) is -0.286. The Morgan fingerprint density at radius 2 is 1.77 bits per heavy atom. The lowest BCUT2D eigenvalue weighted by Crippen LogP contribution is -2.48. The van der Waals surface area contributed by atoms with E-state index in [1.54, 1.807) is 23.1 Å². The van der Waals surface area contributed by atoms with Gasteiger partial charge < -0.3 is 10.2 Å². The average Bonchev–Trinajstić information content (AvgIpc) is 3.12. The zero-order valence-corrected chi connectivity index (χ0v) is 17.7. The van der Waals surface area contributed by atoms with E-state index in [9.17, 15) is 9.18 Å². The standard InChI is InChI=1S/C24H28FN3O2/c1-23(2,3)17-8-10-18(11-9-17)26-22(29)28-14-12-24(13-15-28)16-21(27-30-24)19-6-4-5-7-20(19)25/h4-11,16,27H,12-15H2,1-3H3,(H,26,29). The van der Waals surface area contributed by atoms with Crippen LogP contribution in [0.25, 0.3) is 5.70 Å². The molecule has 0 radical (unpaired) electrons. The van der Waals surface area contributed by atoms with Gasteiger partial charge in [-0.3, -0.25) is 10.3 Å². The number of halogens is 1. The number of anilines is 1. The molecule has 0 aromatic heterocycles. The molecule has 0 atom stereocenters. The summed E-state index contributed by atoms with van der Waals surface area (Å²) in [6.45, 7) is 7.62. The molecule has 1 spiro atoms. The molecule has 2 aromatic rings. The molecule has 30 heavy (non-hydrogen) atoms. The Morgan fingerprint density at radius 1 is 1.10 bits per heavy atom. The molecule has 2 aliphatic heterocycles. The Labute approximate surface area is 176 Å². The fourth-order valence-corrected chi connectivity index (χ4v) is 3.88. The van der Waals surface area contributed by atoms with Crippen molar-refractivity contribution in [1.82, 2.24) is 10.4 Å². The Hall–Kier alpha value is -2.86. The monoisotopic (exact) mass is 409 g/mol. The molecule has 4 rings (SSSR count). The first-order chi connectivity index (χ1) is 14.3. The number of hydrogen-bond donors (Lipinski definition) is 2. The van der Waals surface area contributed by atoms with Crippen LogP contribution in [0.1, 0.15) is 44.7 Å². The molecule has 0 saturated carbocycles. The van der Waals surface area contributed by atoms with Crippen molar-refractivity contribution in [2.24, 2.45) is 0 Å². The highest BCUT2D eigenvalue weighted by molar-refractivity contribution is 5.89. The molecule has 2 heterocycles. The van der Waals surface area contributed by atoms with Gasteiger partial charge in [0.05, 0.1) is 5.70 Å². The molecule has 158 valence electrons. The van der Waals surface area contributed by atoms with Gasteiger partial charge in [0.25, 0.3) is 0 Å². The van der Waals surface area contributed by atoms with E-state index >= 15 is 0 Å². The van der Waals surface area contributed by atoms with Gasteiger partial charge in [-0.2, -0.15) is 0 Å². The average molecular weight is 410 g/mol. The number of piperidine rings is 1. The third-order valence-electron chi connectivity index (χ3n) is 5.83. The molecule has 2 amide bonds. The number of carbonyl (C=O) groups is 1. The lowest BCUT2D eigenvalue weighted by atomic mass is 9.87. The van der Waals surface area contributed by atoms with Crippen LogP contribution in [0.2, 0.25) is 0 Å². The molecular formula is C24H28FN3O2. The quantitative estimate of drug-likeness (QED) is 0.729. The first-order valence-electron chi connectivity index (χ1n) is 10.3. The van der Waals surface area contributed by atoms with Gasteiger partial charge in [-0.25, -0.2) is 9.18 Å². The second kappa shape index (κ2) is 7.76. The minimum Gasteiger partial charge on any atom is -0.324 e. The Morgan fingerprint density at radius 3 is 2.40 bits per heavy atom. The number of hydrogen-bond acceptors (Lipinski definition) is 3. The number of nitrogens with one attached hydrogen (secondary N) is 2. The molecule has 0 unspecified atom stereocenters. The van der Waals surface area contributed by atoms with E-state index in [0.29, 0.717) is 37.2 Å². The molecule has 2 N–H and O–H groups in total. The summed E-state index contributed by atoms with van der Waals surface area (Å²) in [6.07, 6.45) is 3.24. The van der Waals surface area contributed by atoms with Gasteiger partial charge in [0.2, 0.25) is 0 Å². The normalized spacial score (nSPS) is 18.1. The molecular weight excluding hydrogens is 381 g/mol. The molecule has 6 heteroatoms. The van der Waals surface area contributed by atoms with Crippen molar-refractivity contribution >= 4 is 17.4 Å². The first kappa shape index (κ1) is 20.4. The van der Waals surface area contributed by atoms with Crippen LogP contribution < -0.4 is 10.8 Å². The van der Waals surface area contributed by atoms with E-state index in [1.807, 2.05) is 30.3 Å². The fourth-order valence-electron chi connectivity index (χ4n) is 3.88. The number of hydroxylamine groups is 1. The zero-order valence-electron chi connectivity index (χ0n) is 17.7. The Kier molecular flexibility index (Phi) is 5.28. The molecule has 2 aromatic carbocycles. The van der Waals surface area contributed by atoms with Crippen molar-refractivity contribution < 1.29 is 14.0 Å². The first-order valence-corrected chi connectivity index (χ1v) is 10.3. The van der Waals surface area contributed by atoms with Crippen molar-refractivity contribution in [1.29, 1.82) is 0 Å². The molecule has 2 aliphatic rings. The highest BCUT2D eigenvalue weighted by atomic mass is 19.1. The fraction of sp³-hybridized carbons (Fsp3) is 0.375. The van der Waals surface area contributed by atoms with Crippen LogP contribution in [0.3, 0.4) is 0 Å². The van der Waals surface area contributed by atoms with Crippen molar-refractivity contribution in [2.75, 3.05) is 18.4 Å². The van der Waals surface area contributed by atoms with Crippen LogP contribution in [0, 0.1) is 5.82 Å². The summed E-state index contributed by atoms with van der Waals surface area (Å²) >= 11 is 0. The third-order valence-corrected chi connectivity index (χ3v) is 5.83. The molecule has 1 fully saturated rings. The lowest BCUT2D eigenvalue weighted by Gasteiger charge is -2.36. The van der Waals surface area contributed by atoms with Crippen molar-refractivity contribution in [2.45, 2.75) is 44.6 Å². The maximum Gasteiger partial charge on any atom is 0.321 e. The summed E-state index contributed by atoms with van der Waals surface area (Å²) < 4.78 is 14.1. The van der Waals surface area contributed by atoms with Gasteiger partial charge in [-0.1, -0.05) is 45.0 Å². The zero-order chi connectivity index (χ0) is 21.4. The number of rotatable bonds is 2. The van der Waals surface area contributed by atoms with E-state index in [2.05, 4.69) is 31.6 Å². The number of nitrogens with zero attached hydrogens (tertiary/aromatic N) is 1. The SMILES string of the molecule is CC(C)(C)c1ccc(NC(=O)N2CCC3(C=C(c4ccccc4F)NO3)CC2)cc1. The van der Waals surface area contributed by atoms with Gasteiger partial charge in [-0.05, 0) is 41.3 Å². The smallest absolute Gasteiger partial charge is 0.321 e. The highest BCUT2D eigenvalue weighted by Crippen LogP contribution is 2.35. The van der Waals surface area contributed by atoms with E-state index < -0.39 is 5.60 Å². The van der Waals surface area contributed by atoms with Crippen molar-refractivity contribution in [3.63, 3.8) is 0 Å². The van der Waals surface area contributed by atoms with Gasteiger partial charge in [0.15, 0.2) is 0 Å².